The summed E-state index contributed by atoms with van der Waals surface area (Å²) >= 11 is 0. The van der Waals surface area contributed by atoms with Gasteiger partial charge in [0.25, 0.3) is 0 Å². The van der Waals surface area contributed by atoms with Crippen LogP contribution in [0.4, 0.5) is 11.4 Å². The molecule has 0 spiro atoms. The number of piperidine rings is 1. The summed E-state index contributed by atoms with van der Waals surface area (Å²) in [7, 11) is 0. The highest BCUT2D eigenvalue weighted by atomic mass is 15.2. The lowest BCUT2D eigenvalue weighted by Gasteiger charge is -2.30. The molecule has 0 unspecified atom stereocenters. The molecule has 4 heteroatoms. The van der Waals surface area contributed by atoms with E-state index in [0.29, 0.717) is 0 Å². The molecular weight excluding hydrogens is 260 g/mol. The standard InChI is InChI=1S/C17H24N4/c1-2-20-14-18-12-15(20)13-19-16-8-4-5-9-17(16)21-10-6-3-7-11-21/h4-5,8-9,12,14,19H,2-3,6-7,10-11,13H2,1H3. The maximum absolute atomic E-state index is 4.23. The number of hydrogen-bond acceptors (Lipinski definition) is 3. The predicted molar refractivity (Wildman–Crippen MR) is 87.7 cm³/mol. The number of rotatable bonds is 5. The summed E-state index contributed by atoms with van der Waals surface area (Å²) in [5, 5.41) is 3.59. The van der Waals surface area contributed by atoms with Crippen LogP contribution in [0.15, 0.2) is 36.8 Å². The zero-order valence-electron chi connectivity index (χ0n) is 12.8. The smallest absolute Gasteiger partial charge is 0.0948 e. The second kappa shape index (κ2) is 6.66. The number of imidazole rings is 1. The van der Waals surface area contributed by atoms with E-state index in [1.807, 2.05) is 12.5 Å². The van der Waals surface area contributed by atoms with Crippen LogP contribution in [0.1, 0.15) is 31.9 Å². The molecular formula is C17H24N4. The molecule has 1 aliphatic rings. The lowest BCUT2D eigenvalue weighted by atomic mass is 10.1. The van der Waals surface area contributed by atoms with Crippen molar-refractivity contribution >= 4 is 11.4 Å². The van der Waals surface area contributed by atoms with Gasteiger partial charge in [0.2, 0.25) is 0 Å². The molecule has 2 aromatic rings. The Hall–Kier alpha value is -1.97. The van der Waals surface area contributed by atoms with Crippen LogP contribution in [0.5, 0.6) is 0 Å². The Labute approximate surface area is 126 Å². The minimum absolute atomic E-state index is 0.818. The zero-order valence-corrected chi connectivity index (χ0v) is 12.8. The van der Waals surface area contributed by atoms with E-state index in [-0.39, 0.29) is 0 Å². The van der Waals surface area contributed by atoms with Crippen LogP contribution >= 0.6 is 0 Å². The van der Waals surface area contributed by atoms with Gasteiger partial charge in [-0.2, -0.15) is 0 Å². The van der Waals surface area contributed by atoms with Crippen molar-refractivity contribution in [3.63, 3.8) is 0 Å². The number of anilines is 2. The molecule has 1 aromatic heterocycles. The molecule has 1 fully saturated rings. The molecule has 1 saturated heterocycles. The topological polar surface area (TPSA) is 33.1 Å². The van der Waals surface area contributed by atoms with Crippen LogP contribution in [0, 0.1) is 0 Å². The summed E-state index contributed by atoms with van der Waals surface area (Å²) in [6, 6.07) is 8.64. The summed E-state index contributed by atoms with van der Waals surface area (Å²) in [5.74, 6) is 0. The lowest BCUT2D eigenvalue weighted by Crippen LogP contribution is -2.30. The minimum Gasteiger partial charge on any atom is -0.378 e. The largest absolute Gasteiger partial charge is 0.378 e. The Bertz CT molecular complexity index is 570. The Morgan fingerprint density at radius 3 is 2.76 bits per heavy atom. The summed E-state index contributed by atoms with van der Waals surface area (Å²) in [6.45, 7) is 6.27. The van der Waals surface area contributed by atoms with Gasteiger partial charge in [-0.05, 0) is 38.3 Å². The molecule has 4 nitrogen and oxygen atoms in total. The van der Waals surface area contributed by atoms with Crippen molar-refractivity contribution < 1.29 is 0 Å². The molecule has 2 heterocycles. The van der Waals surface area contributed by atoms with Gasteiger partial charge in [-0.25, -0.2) is 4.98 Å². The molecule has 1 N–H and O–H groups in total. The maximum Gasteiger partial charge on any atom is 0.0948 e. The molecule has 0 saturated carbocycles. The van der Waals surface area contributed by atoms with E-state index in [0.717, 1.165) is 13.1 Å². The number of nitrogens with zero attached hydrogens (tertiary/aromatic N) is 3. The molecule has 0 bridgehead atoms. The van der Waals surface area contributed by atoms with Gasteiger partial charge in [0, 0.05) is 25.8 Å². The molecule has 0 aliphatic carbocycles. The third-order valence-electron chi connectivity index (χ3n) is 4.20. The first-order valence-electron chi connectivity index (χ1n) is 7.95. The van der Waals surface area contributed by atoms with E-state index in [1.165, 1.54) is 49.4 Å². The third-order valence-corrected chi connectivity index (χ3v) is 4.20. The van der Waals surface area contributed by atoms with Gasteiger partial charge in [-0.15, -0.1) is 0 Å². The van der Waals surface area contributed by atoms with E-state index in [2.05, 4.69) is 51.0 Å². The van der Waals surface area contributed by atoms with Gasteiger partial charge in [-0.1, -0.05) is 12.1 Å². The van der Waals surface area contributed by atoms with Gasteiger partial charge in [0.1, 0.15) is 0 Å². The fourth-order valence-electron chi connectivity index (χ4n) is 3.00. The Balaban J connectivity index is 1.73. The summed E-state index contributed by atoms with van der Waals surface area (Å²) < 4.78 is 2.18. The Morgan fingerprint density at radius 2 is 1.95 bits per heavy atom. The van der Waals surface area contributed by atoms with Crippen LogP contribution in [-0.4, -0.2) is 22.6 Å². The van der Waals surface area contributed by atoms with Crippen molar-refractivity contribution in [1.82, 2.24) is 9.55 Å². The maximum atomic E-state index is 4.23. The van der Waals surface area contributed by atoms with Crippen molar-refractivity contribution in [1.29, 1.82) is 0 Å². The normalized spacial score (nSPS) is 15.2. The number of aryl methyl sites for hydroxylation is 1. The summed E-state index contributed by atoms with van der Waals surface area (Å²) in [4.78, 5) is 6.73. The second-order valence-corrected chi connectivity index (χ2v) is 5.59. The summed E-state index contributed by atoms with van der Waals surface area (Å²) in [6.07, 6.45) is 7.81. The van der Waals surface area contributed by atoms with E-state index in [9.17, 15) is 0 Å². The molecule has 112 valence electrons. The third kappa shape index (κ3) is 3.20. The van der Waals surface area contributed by atoms with Crippen molar-refractivity contribution in [2.24, 2.45) is 0 Å². The fraction of sp³-hybridized carbons (Fsp3) is 0.471. The highest BCUT2D eigenvalue weighted by Gasteiger charge is 2.14. The van der Waals surface area contributed by atoms with Gasteiger partial charge in [-0.3, -0.25) is 0 Å². The van der Waals surface area contributed by atoms with Crippen molar-refractivity contribution in [3.8, 4) is 0 Å². The van der Waals surface area contributed by atoms with E-state index < -0.39 is 0 Å². The van der Waals surface area contributed by atoms with Crippen molar-refractivity contribution in [2.45, 2.75) is 39.3 Å². The van der Waals surface area contributed by atoms with Crippen LogP contribution < -0.4 is 10.2 Å². The number of nitrogens with one attached hydrogen (secondary N) is 1. The van der Waals surface area contributed by atoms with Crippen LogP contribution in [0.25, 0.3) is 0 Å². The lowest BCUT2D eigenvalue weighted by molar-refractivity contribution is 0.578. The van der Waals surface area contributed by atoms with Crippen LogP contribution in [0.3, 0.4) is 0 Å². The van der Waals surface area contributed by atoms with Crippen LogP contribution in [0.2, 0.25) is 0 Å². The molecule has 21 heavy (non-hydrogen) atoms. The Kier molecular flexibility index (Phi) is 4.43. The SMILES string of the molecule is CCn1cncc1CNc1ccccc1N1CCCCC1. The average Bonchev–Trinajstić information content (AvgIpc) is 3.01. The first-order chi connectivity index (χ1) is 10.4. The monoisotopic (exact) mass is 284 g/mol. The molecule has 0 atom stereocenters. The highest BCUT2D eigenvalue weighted by molar-refractivity contribution is 5.70. The van der Waals surface area contributed by atoms with Gasteiger partial charge >= 0.3 is 0 Å². The highest BCUT2D eigenvalue weighted by Crippen LogP contribution is 2.28. The van der Waals surface area contributed by atoms with E-state index in [1.54, 1.807) is 0 Å². The second-order valence-electron chi connectivity index (χ2n) is 5.59. The summed E-state index contributed by atoms with van der Waals surface area (Å²) in [5.41, 5.74) is 3.79. The Morgan fingerprint density at radius 1 is 1.14 bits per heavy atom. The fourth-order valence-corrected chi connectivity index (χ4v) is 3.00. The quantitative estimate of drug-likeness (QED) is 0.912. The zero-order chi connectivity index (χ0) is 14.5. The molecule has 0 radical (unpaired) electrons. The predicted octanol–water partition coefficient (Wildman–Crippen LogP) is 3.51. The number of aromatic nitrogens is 2. The minimum atomic E-state index is 0.818. The average molecular weight is 284 g/mol. The molecule has 0 amide bonds. The number of para-hydroxylation sites is 2. The first-order valence-corrected chi connectivity index (χ1v) is 7.95. The number of benzene rings is 1. The van der Waals surface area contributed by atoms with Crippen molar-refractivity contribution in [3.05, 3.63) is 42.5 Å². The van der Waals surface area contributed by atoms with Gasteiger partial charge in [0.15, 0.2) is 0 Å². The molecule has 1 aliphatic heterocycles. The first kappa shape index (κ1) is 14.0. The van der Waals surface area contributed by atoms with Gasteiger partial charge < -0.3 is 14.8 Å². The van der Waals surface area contributed by atoms with E-state index >= 15 is 0 Å². The molecule has 1 aromatic carbocycles. The molecule has 3 rings (SSSR count). The number of hydrogen-bond donors (Lipinski definition) is 1. The van der Waals surface area contributed by atoms with Gasteiger partial charge in [0.05, 0.1) is 29.9 Å². The van der Waals surface area contributed by atoms with Crippen molar-refractivity contribution in [2.75, 3.05) is 23.3 Å². The van der Waals surface area contributed by atoms with E-state index in [4.69, 9.17) is 0 Å². The van der Waals surface area contributed by atoms with Crippen LogP contribution in [-0.2, 0) is 13.1 Å².